The molecular weight excluding hydrogens is 142 g/mol. The fourth-order valence-electron chi connectivity index (χ4n) is 1.12. The topological polar surface area (TPSA) is 46.5 Å². The number of rotatable bonds is 1. The van der Waals surface area contributed by atoms with Crippen molar-refractivity contribution in [3.8, 4) is 0 Å². The lowest BCUT2D eigenvalue weighted by Gasteiger charge is -2.25. The first-order valence-corrected chi connectivity index (χ1v) is 3.62. The number of hydrogen-bond acceptors (Lipinski definition) is 3. The van der Waals surface area contributed by atoms with E-state index in [1.807, 2.05) is 0 Å². The van der Waals surface area contributed by atoms with E-state index >= 15 is 0 Å². The minimum Gasteiger partial charge on any atom is -0.299 e. The number of aldehydes is 1. The molecule has 1 aliphatic rings. The largest absolute Gasteiger partial charge is 0.299 e. The van der Waals surface area contributed by atoms with Crippen molar-refractivity contribution >= 4 is 17.8 Å². The molecule has 0 N–H and O–H groups in total. The molecular formula is C8H11NO2. The average molecular weight is 153 g/mol. The summed E-state index contributed by atoms with van der Waals surface area (Å²) in [6.07, 6.45) is 1.14. The molecule has 3 heteroatoms. The molecule has 1 aliphatic heterocycles. The van der Waals surface area contributed by atoms with Crippen molar-refractivity contribution in [3.63, 3.8) is 0 Å². The van der Waals surface area contributed by atoms with Gasteiger partial charge in [0.1, 0.15) is 5.78 Å². The van der Waals surface area contributed by atoms with Crippen LogP contribution in [0.4, 0.5) is 0 Å². The van der Waals surface area contributed by atoms with Gasteiger partial charge < -0.3 is 0 Å². The summed E-state index contributed by atoms with van der Waals surface area (Å²) in [5, 5.41) is 0. The van der Waals surface area contributed by atoms with Crippen molar-refractivity contribution in [1.82, 2.24) is 0 Å². The summed E-state index contributed by atoms with van der Waals surface area (Å²) in [4.78, 5) is 25.7. The van der Waals surface area contributed by atoms with Gasteiger partial charge in [0.15, 0.2) is 6.29 Å². The molecule has 0 saturated heterocycles. The molecule has 0 aromatic carbocycles. The van der Waals surface area contributed by atoms with Crippen LogP contribution < -0.4 is 0 Å². The normalized spacial score (nSPS) is 22.7. The van der Waals surface area contributed by atoms with Crippen LogP contribution in [0.1, 0.15) is 20.3 Å². The molecule has 0 unspecified atom stereocenters. The van der Waals surface area contributed by atoms with Gasteiger partial charge in [-0.05, 0) is 13.8 Å². The van der Waals surface area contributed by atoms with Crippen molar-refractivity contribution in [1.29, 1.82) is 0 Å². The molecule has 0 spiro atoms. The Morgan fingerprint density at radius 1 is 1.55 bits per heavy atom. The molecule has 0 fully saturated rings. The zero-order valence-corrected chi connectivity index (χ0v) is 6.76. The Morgan fingerprint density at radius 2 is 2.18 bits per heavy atom. The van der Waals surface area contributed by atoms with Gasteiger partial charge in [-0.3, -0.25) is 14.6 Å². The minimum absolute atomic E-state index is 0.106. The first-order valence-electron chi connectivity index (χ1n) is 3.62. The first kappa shape index (κ1) is 8.11. The first-order chi connectivity index (χ1) is 5.09. The minimum atomic E-state index is -0.653. The van der Waals surface area contributed by atoms with Gasteiger partial charge in [0, 0.05) is 13.0 Å². The summed E-state index contributed by atoms with van der Waals surface area (Å²) in [5.41, 5.74) is -0.270. The van der Waals surface area contributed by atoms with Crippen LogP contribution in [-0.4, -0.2) is 24.3 Å². The van der Waals surface area contributed by atoms with Gasteiger partial charge in [-0.1, -0.05) is 0 Å². The van der Waals surface area contributed by atoms with Gasteiger partial charge in [0.2, 0.25) is 0 Å². The molecule has 1 rings (SSSR count). The van der Waals surface area contributed by atoms with Gasteiger partial charge in [-0.25, -0.2) is 0 Å². The molecule has 0 amide bonds. The summed E-state index contributed by atoms with van der Waals surface area (Å²) in [6.45, 7) is 3.94. The van der Waals surface area contributed by atoms with Crippen LogP contribution in [0.3, 0.4) is 0 Å². The predicted octanol–water partition coefficient (Wildman–Crippen LogP) is 0.625. The fraction of sp³-hybridized carbons (Fsp3) is 0.625. The molecule has 0 atom stereocenters. The quantitative estimate of drug-likeness (QED) is 0.518. The van der Waals surface area contributed by atoms with Crippen molar-refractivity contribution in [3.05, 3.63) is 0 Å². The Balaban J connectivity index is 3.02. The van der Waals surface area contributed by atoms with Crippen molar-refractivity contribution in [2.45, 2.75) is 20.3 Å². The van der Waals surface area contributed by atoms with E-state index in [1.54, 1.807) is 13.8 Å². The number of aliphatic imine (C=N–C) groups is 1. The fourth-order valence-corrected chi connectivity index (χ4v) is 1.12. The zero-order chi connectivity index (χ0) is 8.48. The van der Waals surface area contributed by atoms with Crippen LogP contribution in [0.15, 0.2) is 4.99 Å². The highest BCUT2D eigenvalue weighted by atomic mass is 16.1. The van der Waals surface area contributed by atoms with Crippen LogP contribution in [-0.2, 0) is 9.59 Å². The summed E-state index contributed by atoms with van der Waals surface area (Å²) >= 11 is 0. The molecule has 0 aliphatic carbocycles. The van der Waals surface area contributed by atoms with E-state index < -0.39 is 5.41 Å². The summed E-state index contributed by atoms with van der Waals surface area (Å²) in [6, 6.07) is 0. The number of ketones is 1. The third-order valence-electron chi connectivity index (χ3n) is 2.07. The SMILES string of the molecule is CC1(C)C(=O)CCN=C1C=O. The maximum atomic E-state index is 11.2. The van der Waals surface area contributed by atoms with Crippen molar-refractivity contribution < 1.29 is 9.59 Å². The third-order valence-corrected chi connectivity index (χ3v) is 2.07. The number of hydrogen-bond donors (Lipinski definition) is 0. The van der Waals surface area contributed by atoms with Gasteiger partial charge in [-0.15, -0.1) is 0 Å². The maximum absolute atomic E-state index is 11.2. The monoisotopic (exact) mass is 153 g/mol. The number of nitrogens with zero attached hydrogens (tertiary/aromatic N) is 1. The smallest absolute Gasteiger partial charge is 0.164 e. The Kier molecular flexibility index (Phi) is 1.89. The molecule has 0 aromatic heterocycles. The standard InChI is InChI=1S/C8H11NO2/c1-8(2)6(5-10)9-4-3-7(8)11/h5H,3-4H2,1-2H3. The van der Waals surface area contributed by atoms with Crippen LogP contribution in [0.5, 0.6) is 0 Å². The lowest BCUT2D eigenvalue weighted by molar-refractivity contribution is -0.124. The molecule has 11 heavy (non-hydrogen) atoms. The molecule has 1 heterocycles. The number of carbonyl (C=O) groups is 2. The zero-order valence-electron chi connectivity index (χ0n) is 6.76. The van der Waals surface area contributed by atoms with E-state index in [2.05, 4.69) is 4.99 Å². The molecule has 0 aromatic rings. The van der Waals surface area contributed by atoms with Crippen molar-refractivity contribution in [2.75, 3.05) is 6.54 Å². The predicted molar refractivity (Wildman–Crippen MR) is 41.8 cm³/mol. The van der Waals surface area contributed by atoms with E-state index in [0.717, 1.165) is 0 Å². The Hall–Kier alpha value is -0.990. The second kappa shape index (κ2) is 2.57. The lowest BCUT2D eigenvalue weighted by atomic mass is 9.80. The van der Waals surface area contributed by atoms with Gasteiger partial charge in [0.25, 0.3) is 0 Å². The van der Waals surface area contributed by atoms with Gasteiger partial charge >= 0.3 is 0 Å². The Labute approximate surface area is 65.5 Å². The second-order valence-electron chi connectivity index (χ2n) is 3.18. The van der Waals surface area contributed by atoms with Gasteiger partial charge in [-0.2, -0.15) is 0 Å². The van der Waals surface area contributed by atoms with E-state index in [0.29, 0.717) is 25.0 Å². The third kappa shape index (κ3) is 1.23. The molecule has 0 radical (unpaired) electrons. The maximum Gasteiger partial charge on any atom is 0.164 e. The van der Waals surface area contributed by atoms with E-state index in [1.165, 1.54) is 0 Å². The number of carbonyl (C=O) groups excluding carboxylic acids is 2. The molecule has 0 bridgehead atoms. The van der Waals surface area contributed by atoms with Crippen LogP contribution in [0.2, 0.25) is 0 Å². The highest BCUT2D eigenvalue weighted by molar-refractivity contribution is 6.36. The number of Topliss-reactive ketones (excluding diaryl/α,β-unsaturated/α-hetero) is 1. The highest BCUT2D eigenvalue weighted by Crippen LogP contribution is 2.23. The van der Waals surface area contributed by atoms with E-state index in [4.69, 9.17) is 0 Å². The van der Waals surface area contributed by atoms with E-state index in [-0.39, 0.29) is 5.78 Å². The molecule has 3 nitrogen and oxygen atoms in total. The summed E-state index contributed by atoms with van der Waals surface area (Å²) < 4.78 is 0. The van der Waals surface area contributed by atoms with Crippen LogP contribution >= 0.6 is 0 Å². The highest BCUT2D eigenvalue weighted by Gasteiger charge is 2.34. The molecule has 0 saturated carbocycles. The van der Waals surface area contributed by atoms with Crippen LogP contribution in [0, 0.1) is 5.41 Å². The second-order valence-corrected chi connectivity index (χ2v) is 3.18. The van der Waals surface area contributed by atoms with E-state index in [9.17, 15) is 9.59 Å². The molecule has 60 valence electrons. The Bertz CT molecular complexity index is 228. The van der Waals surface area contributed by atoms with Crippen molar-refractivity contribution in [2.24, 2.45) is 10.4 Å². The summed E-state index contributed by atoms with van der Waals surface area (Å²) in [7, 11) is 0. The average Bonchev–Trinajstić information content (AvgIpc) is 1.95. The van der Waals surface area contributed by atoms with Crippen LogP contribution in [0.25, 0.3) is 0 Å². The Morgan fingerprint density at radius 3 is 2.64 bits per heavy atom. The lowest BCUT2D eigenvalue weighted by Crippen LogP contribution is -2.38. The summed E-state index contributed by atoms with van der Waals surface area (Å²) in [5.74, 6) is 0.106. The van der Waals surface area contributed by atoms with Gasteiger partial charge in [0.05, 0.1) is 11.1 Å².